The Morgan fingerprint density at radius 1 is 0.690 bits per heavy atom. The molecule has 0 heterocycles. The second-order valence-electron chi connectivity index (χ2n) is 6.53. The Hall–Kier alpha value is -3.42. The van der Waals surface area contributed by atoms with Gasteiger partial charge in [-0.05, 0) is 90.8 Å². The molecule has 1 nitrogen and oxygen atoms in total. The summed E-state index contributed by atoms with van der Waals surface area (Å²) in [5, 5.41) is 2.37. The largest absolute Gasteiger partial charge is 0.195 e. The van der Waals surface area contributed by atoms with Crippen LogP contribution in [0, 0.1) is 23.7 Å². The van der Waals surface area contributed by atoms with Crippen molar-refractivity contribution in [1.29, 1.82) is 0 Å². The van der Waals surface area contributed by atoms with Gasteiger partial charge in [-0.2, -0.15) is 4.99 Å². The summed E-state index contributed by atoms with van der Waals surface area (Å²) in [6.07, 6.45) is 1.95. The van der Waals surface area contributed by atoms with Crippen molar-refractivity contribution in [1.82, 2.24) is 0 Å². The topological polar surface area (TPSA) is 12.4 Å². The van der Waals surface area contributed by atoms with Crippen molar-refractivity contribution >= 4 is 23.1 Å². The summed E-state index contributed by atoms with van der Waals surface area (Å²) in [4.78, 5) is 3.95. The minimum absolute atomic E-state index is 0.784. The normalized spacial score (nSPS) is 9.45. The number of aryl methyl sites for hydroxylation is 2. The van der Waals surface area contributed by atoms with Gasteiger partial charge < -0.3 is 0 Å². The van der Waals surface area contributed by atoms with Crippen LogP contribution in [0.5, 0.6) is 0 Å². The molecule has 0 saturated carbocycles. The zero-order chi connectivity index (χ0) is 20.5. The van der Waals surface area contributed by atoms with E-state index in [1.807, 2.05) is 30.3 Å². The molecule has 0 aromatic heterocycles. The smallest absolute Gasteiger partial charge is 0.0740 e. The van der Waals surface area contributed by atoms with Crippen molar-refractivity contribution in [2.75, 3.05) is 0 Å². The van der Waals surface area contributed by atoms with Crippen LogP contribution in [-0.4, -0.2) is 5.16 Å². The SMILES string of the molecule is CCc1ccc(C#Cc2ccc(C#Cc3ccc(N=C=S)cc3)c(CC)c2)cc1. The minimum Gasteiger partial charge on any atom is -0.195 e. The van der Waals surface area contributed by atoms with Crippen molar-refractivity contribution in [3.8, 4) is 23.7 Å². The maximum atomic E-state index is 4.62. The number of aliphatic imine (C=N–C) groups is 1. The zero-order valence-corrected chi connectivity index (χ0v) is 17.4. The predicted octanol–water partition coefficient (Wildman–Crippen LogP) is 6.35. The van der Waals surface area contributed by atoms with E-state index in [4.69, 9.17) is 0 Å². The molecular formula is C27H21NS. The fraction of sp³-hybridized carbons (Fsp3) is 0.148. The molecule has 3 aromatic rings. The molecule has 0 atom stereocenters. The fourth-order valence-electron chi connectivity index (χ4n) is 2.87. The number of rotatable bonds is 3. The molecule has 0 radical (unpaired) electrons. The Bertz CT molecular complexity index is 1160. The van der Waals surface area contributed by atoms with E-state index in [1.165, 1.54) is 11.1 Å². The molecular weight excluding hydrogens is 370 g/mol. The van der Waals surface area contributed by atoms with Crippen molar-refractivity contribution in [2.24, 2.45) is 4.99 Å². The Kier molecular flexibility index (Phi) is 7.16. The van der Waals surface area contributed by atoms with E-state index in [2.05, 4.69) is 96.3 Å². The standard InChI is InChI=1S/C27H21NS/c1-3-21-5-7-22(8-6-21)9-10-24-12-16-26(25(4-2)19-24)15-11-23-13-17-27(18-14-23)28-20-29/h5-8,12-14,16-19H,3-4H2,1-2H3. The highest BCUT2D eigenvalue weighted by atomic mass is 32.1. The van der Waals surface area contributed by atoms with E-state index >= 15 is 0 Å². The molecule has 0 spiro atoms. The number of thiocarbonyl (C=S) groups is 1. The highest BCUT2D eigenvalue weighted by Crippen LogP contribution is 2.14. The molecule has 29 heavy (non-hydrogen) atoms. The van der Waals surface area contributed by atoms with Crippen LogP contribution in [0.1, 0.15) is 47.2 Å². The molecule has 0 saturated heterocycles. The lowest BCUT2D eigenvalue weighted by Crippen LogP contribution is -1.89. The first-order valence-electron chi connectivity index (χ1n) is 9.65. The maximum absolute atomic E-state index is 4.62. The van der Waals surface area contributed by atoms with E-state index in [0.717, 1.165) is 40.8 Å². The van der Waals surface area contributed by atoms with Crippen LogP contribution < -0.4 is 0 Å². The fourth-order valence-corrected chi connectivity index (χ4v) is 2.97. The molecule has 0 aliphatic rings. The summed E-state index contributed by atoms with van der Waals surface area (Å²) in [7, 11) is 0. The highest BCUT2D eigenvalue weighted by molar-refractivity contribution is 7.78. The van der Waals surface area contributed by atoms with Crippen molar-refractivity contribution in [3.63, 3.8) is 0 Å². The van der Waals surface area contributed by atoms with Gasteiger partial charge in [-0.15, -0.1) is 0 Å². The lowest BCUT2D eigenvalue weighted by atomic mass is 10.0. The summed E-state index contributed by atoms with van der Waals surface area (Å²) in [5.41, 5.74) is 7.33. The lowest BCUT2D eigenvalue weighted by molar-refractivity contribution is 1.13. The van der Waals surface area contributed by atoms with Gasteiger partial charge in [0.05, 0.1) is 10.8 Å². The summed E-state index contributed by atoms with van der Waals surface area (Å²) in [6.45, 7) is 4.29. The Morgan fingerprint density at radius 2 is 1.28 bits per heavy atom. The van der Waals surface area contributed by atoms with Crippen LogP contribution in [-0.2, 0) is 12.8 Å². The first-order valence-corrected chi connectivity index (χ1v) is 10.1. The van der Waals surface area contributed by atoms with Crippen molar-refractivity contribution in [2.45, 2.75) is 26.7 Å². The number of hydrogen-bond donors (Lipinski definition) is 0. The first kappa shape index (κ1) is 20.3. The molecule has 0 N–H and O–H groups in total. The average molecular weight is 392 g/mol. The van der Waals surface area contributed by atoms with Crippen LogP contribution in [0.4, 0.5) is 5.69 Å². The van der Waals surface area contributed by atoms with Crippen LogP contribution in [0.2, 0.25) is 0 Å². The first-order chi connectivity index (χ1) is 14.2. The van der Waals surface area contributed by atoms with Gasteiger partial charge in [0, 0.05) is 22.3 Å². The van der Waals surface area contributed by atoms with Gasteiger partial charge >= 0.3 is 0 Å². The molecule has 0 amide bonds. The van der Waals surface area contributed by atoms with Gasteiger partial charge in [-0.1, -0.05) is 49.7 Å². The number of hydrogen-bond acceptors (Lipinski definition) is 2. The average Bonchev–Trinajstić information content (AvgIpc) is 2.78. The van der Waals surface area contributed by atoms with E-state index in [1.54, 1.807) is 0 Å². The third-order valence-corrected chi connectivity index (χ3v) is 4.67. The van der Waals surface area contributed by atoms with Gasteiger partial charge in [0.15, 0.2) is 0 Å². The highest BCUT2D eigenvalue weighted by Gasteiger charge is 1.99. The third kappa shape index (κ3) is 5.78. The summed E-state index contributed by atoms with van der Waals surface area (Å²) < 4.78 is 0. The van der Waals surface area contributed by atoms with Crippen molar-refractivity contribution < 1.29 is 0 Å². The third-order valence-electron chi connectivity index (χ3n) is 4.58. The summed E-state index contributed by atoms with van der Waals surface area (Å²) in [5.74, 6) is 13.0. The number of benzene rings is 3. The van der Waals surface area contributed by atoms with Crippen LogP contribution >= 0.6 is 12.2 Å². The Labute approximate surface area is 178 Å². The summed E-state index contributed by atoms with van der Waals surface area (Å²) >= 11 is 4.62. The maximum Gasteiger partial charge on any atom is 0.0740 e. The van der Waals surface area contributed by atoms with Gasteiger partial charge in [0.2, 0.25) is 0 Å². The molecule has 3 aromatic carbocycles. The molecule has 0 unspecified atom stereocenters. The van der Waals surface area contributed by atoms with Crippen LogP contribution in [0.25, 0.3) is 0 Å². The molecule has 2 heteroatoms. The molecule has 0 bridgehead atoms. The monoisotopic (exact) mass is 391 g/mol. The van der Waals surface area contributed by atoms with Crippen molar-refractivity contribution in [3.05, 3.63) is 100 Å². The second kappa shape index (κ2) is 10.2. The molecule has 3 rings (SSSR count). The number of isothiocyanates is 1. The Balaban J connectivity index is 1.80. The van der Waals surface area contributed by atoms with Gasteiger partial charge in [0.1, 0.15) is 0 Å². The van der Waals surface area contributed by atoms with E-state index in [9.17, 15) is 0 Å². The molecule has 140 valence electrons. The van der Waals surface area contributed by atoms with E-state index in [0.29, 0.717) is 0 Å². The van der Waals surface area contributed by atoms with E-state index in [-0.39, 0.29) is 0 Å². The van der Waals surface area contributed by atoms with Gasteiger partial charge in [-0.3, -0.25) is 0 Å². The molecule has 0 aliphatic heterocycles. The van der Waals surface area contributed by atoms with Crippen LogP contribution in [0.3, 0.4) is 0 Å². The van der Waals surface area contributed by atoms with Gasteiger partial charge in [0.25, 0.3) is 0 Å². The quantitative estimate of drug-likeness (QED) is 0.288. The predicted molar refractivity (Wildman–Crippen MR) is 125 cm³/mol. The van der Waals surface area contributed by atoms with Crippen LogP contribution in [0.15, 0.2) is 71.7 Å². The minimum atomic E-state index is 0.784. The van der Waals surface area contributed by atoms with E-state index < -0.39 is 0 Å². The number of nitrogens with zero attached hydrogens (tertiary/aromatic N) is 1. The second-order valence-corrected chi connectivity index (χ2v) is 6.71. The lowest BCUT2D eigenvalue weighted by Gasteiger charge is -2.02. The zero-order valence-electron chi connectivity index (χ0n) is 16.6. The molecule has 0 fully saturated rings. The Morgan fingerprint density at radius 3 is 1.90 bits per heavy atom. The van der Waals surface area contributed by atoms with Gasteiger partial charge in [-0.25, -0.2) is 0 Å². The molecule has 0 aliphatic carbocycles. The summed E-state index contributed by atoms with van der Waals surface area (Å²) in [6, 6.07) is 22.3.